The number of pyridine rings is 1. The number of rotatable bonds is 3. The minimum atomic E-state index is -0.0259. The van der Waals surface area contributed by atoms with Crippen LogP contribution in [0.25, 0.3) is 0 Å². The van der Waals surface area contributed by atoms with Gasteiger partial charge in [-0.2, -0.15) is 0 Å². The number of hydrogen-bond acceptors (Lipinski definition) is 3. The van der Waals surface area contributed by atoms with E-state index in [-0.39, 0.29) is 5.84 Å². The van der Waals surface area contributed by atoms with Crippen molar-refractivity contribution in [2.45, 2.75) is 9.79 Å². The second-order valence-electron chi connectivity index (χ2n) is 3.32. The number of nitrogens with two attached hydrogens (primary N) is 1. The SMILES string of the molecule is N=C(N)c1ncccc1Sc1ccc(Cl)cc1. The van der Waals surface area contributed by atoms with Gasteiger partial charge in [-0.25, -0.2) is 0 Å². The third kappa shape index (κ3) is 2.99. The van der Waals surface area contributed by atoms with Gasteiger partial charge in [0.15, 0.2) is 0 Å². The standard InChI is InChI=1S/C12H10ClN3S/c13-8-3-5-9(6-4-8)17-10-2-1-7-16-11(10)12(14)15/h1-7H,(H3,14,15). The molecule has 0 atom stereocenters. The van der Waals surface area contributed by atoms with E-state index in [1.165, 1.54) is 11.8 Å². The maximum atomic E-state index is 7.46. The molecule has 0 saturated heterocycles. The van der Waals surface area contributed by atoms with Crippen LogP contribution >= 0.6 is 23.4 Å². The van der Waals surface area contributed by atoms with Gasteiger partial charge in [-0.15, -0.1) is 0 Å². The fourth-order valence-electron chi connectivity index (χ4n) is 1.30. The van der Waals surface area contributed by atoms with Crippen molar-refractivity contribution < 1.29 is 0 Å². The zero-order valence-corrected chi connectivity index (χ0v) is 10.4. The van der Waals surface area contributed by atoms with E-state index in [9.17, 15) is 0 Å². The molecule has 0 spiro atoms. The fraction of sp³-hybridized carbons (Fsp3) is 0. The molecular formula is C12H10ClN3S. The molecule has 5 heteroatoms. The van der Waals surface area contributed by atoms with Crippen molar-refractivity contribution in [1.29, 1.82) is 5.41 Å². The van der Waals surface area contributed by atoms with Crippen molar-refractivity contribution in [3.63, 3.8) is 0 Å². The monoisotopic (exact) mass is 263 g/mol. The Bertz CT molecular complexity index is 540. The lowest BCUT2D eigenvalue weighted by Gasteiger charge is -2.06. The van der Waals surface area contributed by atoms with Gasteiger partial charge in [0, 0.05) is 21.0 Å². The van der Waals surface area contributed by atoms with Gasteiger partial charge in [-0.3, -0.25) is 10.4 Å². The highest BCUT2D eigenvalue weighted by atomic mass is 35.5. The highest BCUT2D eigenvalue weighted by Crippen LogP contribution is 2.29. The predicted molar refractivity (Wildman–Crippen MR) is 70.8 cm³/mol. The molecule has 2 rings (SSSR count). The number of aromatic nitrogens is 1. The summed E-state index contributed by atoms with van der Waals surface area (Å²) in [5.41, 5.74) is 5.99. The minimum Gasteiger partial charge on any atom is -0.382 e. The molecular weight excluding hydrogens is 254 g/mol. The smallest absolute Gasteiger partial charge is 0.142 e. The van der Waals surface area contributed by atoms with Crippen LogP contribution in [0.15, 0.2) is 52.4 Å². The Balaban J connectivity index is 2.30. The molecule has 0 aliphatic heterocycles. The van der Waals surface area contributed by atoms with E-state index in [2.05, 4.69) is 4.98 Å². The van der Waals surface area contributed by atoms with Crippen LogP contribution in [0.1, 0.15) is 5.69 Å². The van der Waals surface area contributed by atoms with Gasteiger partial charge >= 0.3 is 0 Å². The number of hydrogen-bond donors (Lipinski definition) is 2. The molecule has 0 aliphatic rings. The Labute approximate surface area is 109 Å². The van der Waals surface area contributed by atoms with Crippen molar-refractivity contribution in [3.8, 4) is 0 Å². The van der Waals surface area contributed by atoms with Gasteiger partial charge in [0.1, 0.15) is 11.5 Å². The van der Waals surface area contributed by atoms with E-state index in [0.717, 1.165) is 9.79 Å². The second kappa shape index (κ2) is 5.21. The molecule has 2 aromatic rings. The van der Waals surface area contributed by atoms with Crippen LogP contribution in [0.4, 0.5) is 0 Å². The van der Waals surface area contributed by atoms with Crippen LogP contribution in [0.5, 0.6) is 0 Å². The van der Waals surface area contributed by atoms with Gasteiger partial charge < -0.3 is 5.73 Å². The summed E-state index contributed by atoms with van der Waals surface area (Å²) in [6.07, 6.45) is 1.63. The van der Waals surface area contributed by atoms with Crippen LogP contribution in [0.2, 0.25) is 5.02 Å². The van der Waals surface area contributed by atoms with E-state index in [4.69, 9.17) is 22.7 Å². The van der Waals surface area contributed by atoms with Gasteiger partial charge in [-0.1, -0.05) is 23.4 Å². The topological polar surface area (TPSA) is 62.8 Å². The first-order valence-electron chi connectivity index (χ1n) is 4.89. The lowest BCUT2D eigenvalue weighted by Crippen LogP contribution is -2.14. The Morgan fingerprint density at radius 2 is 1.94 bits per heavy atom. The van der Waals surface area contributed by atoms with E-state index < -0.39 is 0 Å². The molecule has 3 N–H and O–H groups in total. The maximum absolute atomic E-state index is 7.46. The van der Waals surface area contributed by atoms with Crippen LogP contribution in [-0.2, 0) is 0 Å². The molecule has 0 aliphatic carbocycles. The number of nitrogen functional groups attached to an aromatic ring is 1. The largest absolute Gasteiger partial charge is 0.382 e. The summed E-state index contributed by atoms with van der Waals surface area (Å²) in [4.78, 5) is 5.99. The van der Waals surface area contributed by atoms with E-state index >= 15 is 0 Å². The molecule has 0 radical (unpaired) electrons. The van der Waals surface area contributed by atoms with Gasteiger partial charge in [-0.05, 0) is 36.4 Å². The van der Waals surface area contributed by atoms with Crippen LogP contribution in [0.3, 0.4) is 0 Å². The first-order chi connectivity index (χ1) is 8.16. The maximum Gasteiger partial charge on any atom is 0.142 e. The third-order valence-electron chi connectivity index (χ3n) is 2.07. The van der Waals surface area contributed by atoms with E-state index in [1.807, 2.05) is 36.4 Å². The van der Waals surface area contributed by atoms with Crippen LogP contribution in [-0.4, -0.2) is 10.8 Å². The summed E-state index contributed by atoms with van der Waals surface area (Å²) in [5.74, 6) is -0.0259. The summed E-state index contributed by atoms with van der Waals surface area (Å²) in [5, 5.41) is 8.16. The van der Waals surface area contributed by atoms with Crippen molar-refractivity contribution in [2.75, 3.05) is 0 Å². The van der Waals surface area contributed by atoms with E-state index in [1.54, 1.807) is 6.20 Å². The summed E-state index contributed by atoms with van der Waals surface area (Å²) < 4.78 is 0. The third-order valence-corrected chi connectivity index (χ3v) is 3.38. The van der Waals surface area contributed by atoms with Gasteiger partial charge in [0.25, 0.3) is 0 Å². The molecule has 17 heavy (non-hydrogen) atoms. The van der Waals surface area contributed by atoms with Gasteiger partial charge in [0.05, 0.1) is 0 Å². The molecule has 0 bridgehead atoms. The minimum absolute atomic E-state index is 0.0259. The second-order valence-corrected chi connectivity index (χ2v) is 4.87. The Hall–Kier alpha value is -1.52. The average Bonchev–Trinajstić information content (AvgIpc) is 2.32. The first-order valence-corrected chi connectivity index (χ1v) is 6.09. The van der Waals surface area contributed by atoms with Gasteiger partial charge in [0.2, 0.25) is 0 Å². The number of amidine groups is 1. The Morgan fingerprint density at radius 1 is 1.24 bits per heavy atom. The van der Waals surface area contributed by atoms with E-state index in [0.29, 0.717) is 10.7 Å². The molecule has 1 aromatic carbocycles. The zero-order valence-electron chi connectivity index (χ0n) is 8.85. The molecule has 3 nitrogen and oxygen atoms in total. The highest BCUT2D eigenvalue weighted by molar-refractivity contribution is 7.99. The predicted octanol–water partition coefficient (Wildman–Crippen LogP) is 3.17. The molecule has 1 heterocycles. The normalized spacial score (nSPS) is 10.2. The lowest BCUT2D eigenvalue weighted by molar-refractivity contribution is 1.17. The van der Waals surface area contributed by atoms with Crippen LogP contribution < -0.4 is 5.73 Å². The molecule has 0 unspecified atom stereocenters. The highest BCUT2D eigenvalue weighted by Gasteiger charge is 2.07. The number of halogens is 1. The lowest BCUT2D eigenvalue weighted by atomic mass is 10.3. The van der Waals surface area contributed by atoms with Crippen molar-refractivity contribution in [3.05, 3.63) is 53.3 Å². The first kappa shape index (κ1) is 12.0. The fourth-order valence-corrected chi connectivity index (χ4v) is 2.36. The summed E-state index contributed by atoms with van der Waals surface area (Å²) in [6.45, 7) is 0. The Morgan fingerprint density at radius 3 is 2.59 bits per heavy atom. The average molecular weight is 264 g/mol. The molecule has 0 saturated carbocycles. The summed E-state index contributed by atoms with van der Waals surface area (Å²) >= 11 is 7.33. The Kier molecular flexibility index (Phi) is 3.66. The van der Waals surface area contributed by atoms with Crippen LogP contribution in [0, 0.1) is 5.41 Å². The molecule has 1 aromatic heterocycles. The summed E-state index contributed by atoms with van der Waals surface area (Å²) in [7, 11) is 0. The summed E-state index contributed by atoms with van der Waals surface area (Å²) in [6, 6.07) is 11.2. The van der Waals surface area contributed by atoms with Crippen molar-refractivity contribution in [1.82, 2.24) is 4.98 Å². The van der Waals surface area contributed by atoms with Crippen molar-refractivity contribution >= 4 is 29.2 Å². The molecule has 86 valence electrons. The number of nitrogens with one attached hydrogen (secondary N) is 1. The zero-order chi connectivity index (χ0) is 12.3. The quantitative estimate of drug-likeness (QED) is 0.660. The van der Waals surface area contributed by atoms with Crippen molar-refractivity contribution in [2.24, 2.45) is 5.73 Å². The molecule has 0 amide bonds. The molecule has 0 fully saturated rings. The number of benzene rings is 1. The number of nitrogens with zero attached hydrogens (tertiary/aromatic N) is 1.